The third kappa shape index (κ3) is 7.68. The first kappa shape index (κ1) is 32.0. The lowest BCUT2D eigenvalue weighted by Crippen LogP contribution is -2.32. The van der Waals surface area contributed by atoms with Crippen LogP contribution in [-0.2, 0) is 5.41 Å². The minimum absolute atomic E-state index is 0.0541. The van der Waals surface area contributed by atoms with Gasteiger partial charge in [0.25, 0.3) is 6.33 Å². The minimum Gasteiger partial charge on any atom is -0.458 e. The lowest BCUT2D eigenvalue weighted by atomic mass is 9.83. The molecule has 5 nitrogen and oxygen atoms in total. The first-order chi connectivity index (χ1) is 44.2. The molecule has 0 radical (unpaired) electrons. The van der Waals surface area contributed by atoms with E-state index in [1.807, 2.05) is 79.0 Å². The van der Waals surface area contributed by atoms with Crippen LogP contribution in [0.3, 0.4) is 0 Å². The summed E-state index contributed by atoms with van der Waals surface area (Å²) in [5.74, 6) is 1.59. The fraction of sp³-hybridized carbons (Fsp3) is 0.0833. The normalized spacial score (nSPS) is 15.3. The Kier molecular flexibility index (Phi) is 7.51. The molecule has 0 aliphatic carbocycles. The number of hydrogen-bond acceptors (Lipinski definition) is 2. The van der Waals surface area contributed by atoms with Crippen LogP contribution >= 0.6 is 0 Å². The van der Waals surface area contributed by atoms with Gasteiger partial charge in [0, 0.05) is 31.3 Å². The molecule has 13 aromatic rings. The van der Waals surface area contributed by atoms with E-state index in [1.165, 1.54) is 18.2 Å². The summed E-state index contributed by atoms with van der Waals surface area (Å²) in [4.78, 5) is 4.87. The van der Waals surface area contributed by atoms with Crippen molar-refractivity contribution < 1.29 is 31.2 Å². The van der Waals surface area contributed by atoms with Crippen LogP contribution in [0.1, 0.15) is 59.4 Å². The standard InChI is InChI=1S/C72H54N4O/c1-46-20-16-21-47(2)68(46)50-40-63-58-29-13-12-28-57(58)61-33-18-31-55(48-22-8-6-9-23-48)69(61)62-34-19-32-56(49-24-10-7-11-25-49)70(62)75-45-74(66(41-50)71(63)75)52-26-17-27-53(43-52)77-54-36-37-60-59-30-14-15-35-64(59)76(65(60)44-54)67-42-51(38-39-73-67)72(3,4)5/h6-44H,1-5H3/i1D3,2D3,6D,7D,8D,9D,10D,11D,22D,23D,24D,25D. The Hall–Kier alpha value is -9.58. The van der Waals surface area contributed by atoms with Crippen molar-refractivity contribution in [3.05, 3.63) is 259 Å². The van der Waals surface area contributed by atoms with Crippen LogP contribution in [0.5, 0.6) is 11.5 Å². The van der Waals surface area contributed by atoms with Crippen molar-refractivity contribution in [3.63, 3.8) is 0 Å². The molecular formula is C72H54N4O. The van der Waals surface area contributed by atoms with Gasteiger partial charge in [-0.25, -0.2) is 4.98 Å². The van der Waals surface area contributed by atoms with Crippen LogP contribution in [0.2, 0.25) is 0 Å². The topological polar surface area (TPSA) is 35.9 Å². The first-order valence-corrected chi connectivity index (χ1v) is 25.2. The largest absolute Gasteiger partial charge is 0.458 e. The van der Waals surface area contributed by atoms with Crippen molar-refractivity contribution >= 4 is 32.8 Å². The van der Waals surface area contributed by atoms with E-state index in [0.29, 0.717) is 61.6 Å². The van der Waals surface area contributed by atoms with E-state index in [-0.39, 0.29) is 55.6 Å². The first-order valence-electron chi connectivity index (χ1n) is 33.2. The number of benzene rings is 10. The summed E-state index contributed by atoms with van der Waals surface area (Å²) in [7, 11) is 0. The third-order valence-electron chi connectivity index (χ3n) is 14.5. The number of aryl methyl sites for hydroxylation is 2. The van der Waals surface area contributed by atoms with Gasteiger partial charge in [-0.2, -0.15) is 0 Å². The zero-order chi connectivity index (χ0) is 65.6. The highest BCUT2D eigenvalue weighted by Gasteiger charge is 2.29. The van der Waals surface area contributed by atoms with Crippen molar-refractivity contribution in [1.29, 1.82) is 0 Å². The Labute approximate surface area is 471 Å². The maximum atomic E-state index is 9.53. The van der Waals surface area contributed by atoms with Gasteiger partial charge in [0.1, 0.15) is 17.3 Å². The molecule has 0 atom stereocenters. The van der Waals surface area contributed by atoms with Gasteiger partial charge in [-0.15, -0.1) is 0 Å². The number of nitrogens with zero attached hydrogens (tertiary/aromatic N) is 4. The van der Waals surface area contributed by atoms with Crippen molar-refractivity contribution in [3.8, 4) is 95.5 Å². The summed E-state index contributed by atoms with van der Waals surface area (Å²) in [6.45, 7) is 0.812. The Morgan fingerprint density at radius 2 is 1.14 bits per heavy atom. The predicted molar refractivity (Wildman–Crippen MR) is 317 cm³/mol. The van der Waals surface area contributed by atoms with E-state index < -0.39 is 74.1 Å². The van der Waals surface area contributed by atoms with E-state index in [4.69, 9.17) is 26.2 Å². The van der Waals surface area contributed by atoms with Gasteiger partial charge >= 0.3 is 0 Å². The number of fused-ring (bicyclic) bond motifs is 10. The van der Waals surface area contributed by atoms with Crippen molar-refractivity contribution in [2.24, 2.45) is 0 Å². The molecule has 368 valence electrons. The summed E-state index contributed by atoms with van der Waals surface area (Å²) in [6, 6.07) is 44.9. The van der Waals surface area contributed by atoms with E-state index in [1.54, 1.807) is 69.8 Å². The van der Waals surface area contributed by atoms with Crippen LogP contribution in [0.4, 0.5) is 0 Å². The van der Waals surface area contributed by atoms with Gasteiger partial charge in [0.05, 0.1) is 47.1 Å². The van der Waals surface area contributed by atoms with E-state index in [0.717, 1.165) is 33.2 Å². The molecule has 0 saturated heterocycles. The Balaban J connectivity index is 1.10. The third-order valence-corrected chi connectivity index (χ3v) is 14.5. The lowest BCUT2D eigenvalue weighted by Gasteiger charge is -2.21. The molecule has 77 heavy (non-hydrogen) atoms. The molecule has 0 bridgehead atoms. The van der Waals surface area contributed by atoms with Crippen molar-refractivity contribution in [1.82, 2.24) is 14.1 Å². The molecule has 3 aromatic heterocycles. The summed E-state index contributed by atoms with van der Waals surface area (Å²) in [5, 5.41) is 1.99. The molecule has 1 aliphatic rings. The summed E-state index contributed by atoms with van der Waals surface area (Å²) in [6.07, 6.45) is 5.45. The second-order valence-electron chi connectivity index (χ2n) is 20.1. The molecule has 0 amide bonds. The fourth-order valence-corrected chi connectivity index (χ4v) is 11.1. The zero-order valence-corrected chi connectivity index (χ0v) is 41.9. The van der Waals surface area contributed by atoms with Gasteiger partial charge in [-0.3, -0.25) is 13.7 Å². The molecule has 5 heteroatoms. The Morgan fingerprint density at radius 3 is 1.91 bits per heavy atom. The quantitative estimate of drug-likeness (QED) is 0.118. The number of hydrogen-bond donors (Lipinski definition) is 0. The average Bonchev–Trinajstić information content (AvgIpc) is 1.61. The molecule has 0 N–H and O–H groups in total. The molecule has 4 heterocycles. The van der Waals surface area contributed by atoms with E-state index in [2.05, 4.69) is 49.9 Å². The smallest absolute Gasteiger partial charge is 0.269 e. The lowest BCUT2D eigenvalue weighted by molar-refractivity contribution is -0.570. The minimum atomic E-state index is -2.83. The molecule has 0 saturated carbocycles. The van der Waals surface area contributed by atoms with Gasteiger partial charge < -0.3 is 4.74 Å². The maximum Gasteiger partial charge on any atom is 0.269 e. The molecule has 10 aromatic carbocycles. The summed E-state index contributed by atoms with van der Waals surface area (Å²) >= 11 is 0. The number of imidazole rings is 1. The highest BCUT2D eigenvalue weighted by atomic mass is 16.5. The maximum absolute atomic E-state index is 9.53. The Morgan fingerprint density at radius 1 is 0.506 bits per heavy atom. The average molecular weight is 1010 g/mol. The molecule has 14 rings (SSSR count). The molecule has 0 fully saturated rings. The van der Waals surface area contributed by atoms with Crippen LogP contribution in [0.25, 0.3) is 117 Å². The highest BCUT2D eigenvalue weighted by molar-refractivity contribution is 6.10. The zero-order valence-electron chi connectivity index (χ0n) is 57.9. The molecular weight excluding hydrogens is 937 g/mol. The van der Waals surface area contributed by atoms with Gasteiger partial charge in [-0.05, 0) is 157 Å². The number of para-hydroxylation sites is 2. The Bertz CT molecular complexity index is 5260. The van der Waals surface area contributed by atoms with Crippen LogP contribution < -0.4 is 9.30 Å². The van der Waals surface area contributed by atoms with Gasteiger partial charge in [-0.1, -0.05) is 190 Å². The monoisotopic (exact) mass is 1010 g/mol. The van der Waals surface area contributed by atoms with Crippen molar-refractivity contribution in [2.45, 2.75) is 39.9 Å². The van der Waals surface area contributed by atoms with Crippen molar-refractivity contribution in [2.75, 3.05) is 0 Å². The summed E-state index contributed by atoms with van der Waals surface area (Å²) < 4.78 is 157. The number of rotatable bonds is 7. The highest BCUT2D eigenvalue weighted by Crippen LogP contribution is 2.49. The SMILES string of the molecule is [2H]c1c([2H])c([2H])c(-c2cccc3c2-c2cccc(-c4c([2H])c([2H])c([2H])c([2H])c4[2H])c2-[n+]2[c-]n(-c4cccc(Oc5ccc6c7ccccc7n(-c7cc(C(C)(C)C)ccn7)c6c5)c4)c4cc(-c5c(C([2H])([2H])[2H])cccc5C([2H])([2H])[2H])cc(c42)-c2ccccc2-3)c([2H])c1[2H]. The molecule has 0 unspecified atom stereocenters. The number of aromatic nitrogens is 4. The second kappa shape index (κ2) is 18.1. The van der Waals surface area contributed by atoms with Gasteiger partial charge in [0.15, 0.2) is 0 Å². The number of ether oxygens (including phenoxy) is 1. The second-order valence-corrected chi connectivity index (χ2v) is 20.1. The number of pyridine rings is 1. The van der Waals surface area contributed by atoms with Crippen LogP contribution in [0, 0.1) is 20.0 Å². The summed E-state index contributed by atoms with van der Waals surface area (Å²) in [5.41, 5.74) is 6.40. The predicted octanol–water partition coefficient (Wildman–Crippen LogP) is 18.2. The molecule has 0 spiro atoms. The van der Waals surface area contributed by atoms with E-state index in [9.17, 15) is 5.48 Å². The fourth-order valence-electron chi connectivity index (χ4n) is 11.1. The van der Waals surface area contributed by atoms with Crippen LogP contribution in [-0.4, -0.2) is 14.1 Å². The molecule has 1 aliphatic heterocycles. The van der Waals surface area contributed by atoms with Gasteiger partial charge in [0.2, 0.25) is 0 Å². The van der Waals surface area contributed by atoms with E-state index >= 15 is 0 Å². The van der Waals surface area contributed by atoms with Crippen LogP contribution in [0.15, 0.2) is 236 Å².